The van der Waals surface area contributed by atoms with E-state index in [-0.39, 0.29) is 6.10 Å². The molecular formula is C12H18ClN3O3. The van der Waals surface area contributed by atoms with Crippen LogP contribution in [0.4, 0.5) is 5.82 Å². The minimum absolute atomic E-state index is 0.198. The van der Waals surface area contributed by atoms with Gasteiger partial charge in [0.1, 0.15) is 23.2 Å². The van der Waals surface area contributed by atoms with Crippen molar-refractivity contribution in [2.75, 3.05) is 25.6 Å². The number of methoxy groups -OCH3 is 1. The molecule has 0 aromatic carbocycles. The Morgan fingerprint density at radius 3 is 3.05 bits per heavy atom. The minimum Gasteiger partial charge on any atom is -0.385 e. The number of nitrogens with one attached hydrogen (secondary N) is 1. The second-order valence-electron chi connectivity index (χ2n) is 4.65. The van der Waals surface area contributed by atoms with Crippen molar-refractivity contribution >= 4 is 17.4 Å². The lowest BCUT2D eigenvalue weighted by Crippen LogP contribution is -2.43. The second kappa shape index (κ2) is 6.00. The summed E-state index contributed by atoms with van der Waals surface area (Å²) in [6.45, 7) is 3.07. The molecule has 2 N–H and O–H groups in total. The van der Waals surface area contributed by atoms with Gasteiger partial charge in [-0.3, -0.25) is 0 Å². The molecule has 2 atom stereocenters. The molecule has 1 aliphatic heterocycles. The van der Waals surface area contributed by atoms with Gasteiger partial charge in [-0.2, -0.15) is 0 Å². The fourth-order valence-electron chi connectivity index (χ4n) is 2.00. The lowest BCUT2D eigenvalue weighted by molar-refractivity contribution is -0.0176. The van der Waals surface area contributed by atoms with Gasteiger partial charge < -0.3 is 19.9 Å². The van der Waals surface area contributed by atoms with Crippen LogP contribution in [-0.4, -0.2) is 47.0 Å². The first-order valence-electron chi connectivity index (χ1n) is 6.14. The molecule has 2 heterocycles. The van der Waals surface area contributed by atoms with Crippen LogP contribution in [0.25, 0.3) is 0 Å². The summed E-state index contributed by atoms with van der Waals surface area (Å²) in [5.41, 5.74) is -0.876. The van der Waals surface area contributed by atoms with Crippen molar-refractivity contribution < 1.29 is 14.6 Å². The number of aromatic nitrogens is 2. The Kier molecular flexibility index (Phi) is 4.57. The smallest absolute Gasteiger partial charge is 0.158 e. The van der Waals surface area contributed by atoms with Crippen LogP contribution >= 0.6 is 11.6 Å². The van der Waals surface area contributed by atoms with Crippen molar-refractivity contribution in [1.29, 1.82) is 0 Å². The first-order valence-corrected chi connectivity index (χ1v) is 6.51. The average Bonchev–Trinajstić information content (AvgIpc) is 2.68. The molecule has 0 radical (unpaired) electrons. The molecule has 1 saturated heterocycles. The van der Waals surface area contributed by atoms with Gasteiger partial charge in [0.05, 0.1) is 6.10 Å². The van der Waals surface area contributed by atoms with Crippen molar-refractivity contribution in [2.45, 2.75) is 31.7 Å². The lowest BCUT2D eigenvalue weighted by Gasteiger charge is -2.26. The Labute approximate surface area is 117 Å². The highest BCUT2D eigenvalue weighted by molar-refractivity contribution is 6.29. The molecule has 1 aromatic rings. The number of nitrogens with zero attached hydrogens (tertiary/aromatic N) is 2. The second-order valence-corrected chi connectivity index (χ2v) is 5.03. The predicted molar refractivity (Wildman–Crippen MR) is 71.2 cm³/mol. The third-order valence-corrected chi connectivity index (χ3v) is 3.44. The summed E-state index contributed by atoms with van der Waals surface area (Å²) in [6, 6.07) is 1.62. The summed E-state index contributed by atoms with van der Waals surface area (Å²) in [4.78, 5) is 8.29. The molecule has 0 bridgehead atoms. The van der Waals surface area contributed by atoms with Crippen LogP contribution in [0.2, 0.25) is 5.15 Å². The number of anilines is 1. The Balaban J connectivity index is 2.03. The predicted octanol–water partition coefficient (Wildman–Crippen LogP) is 1.23. The van der Waals surface area contributed by atoms with E-state index in [9.17, 15) is 5.11 Å². The molecule has 2 unspecified atom stereocenters. The Morgan fingerprint density at radius 2 is 2.42 bits per heavy atom. The standard InChI is InChI=1S/C12H18ClN3O3/c1-8-12(17,3-4-19-8)7-14-10-5-9(13)15-11(16-10)6-18-2/h5,8,17H,3-4,6-7H2,1-2H3,(H,14,15,16). The fourth-order valence-corrected chi connectivity index (χ4v) is 2.20. The van der Waals surface area contributed by atoms with Gasteiger partial charge in [0.2, 0.25) is 0 Å². The van der Waals surface area contributed by atoms with Gasteiger partial charge in [-0.25, -0.2) is 9.97 Å². The van der Waals surface area contributed by atoms with Gasteiger partial charge in [-0.15, -0.1) is 0 Å². The zero-order chi connectivity index (χ0) is 13.9. The van der Waals surface area contributed by atoms with Crippen molar-refractivity contribution in [3.63, 3.8) is 0 Å². The molecule has 1 fully saturated rings. The molecule has 1 aromatic heterocycles. The number of rotatable bonds is 5. The third-order valence-electron chi connectivity index (χ3n) is 3.25. The Hall–Kier alpha value is -0.950. The topological polar surface area (TPSA) is 76.5 Å². The molecule has 0 aliphatic carbocycles. The summed E-state index contributed by atoms with van der Waals surface area (Å²) in [5, 5.41) is 13.8. The zero-order valence-corrected chi connectivity index (χ0v) is 11.8. The van der Waals surface area contributed by atoms with Crippen LogP contribution in [0.1, 0.15) is 19.2 Å². The van der Waals surface area contributed by atoms with E-state index in [4.69, 9.17) is 21.1 Å². The first kappa shape index (κ1) is 14.5. The van der Waals surface area contributed by atoms with E-state index in [1.807, 2.05) is 6.92 Å². The van der Waals surface area contributed by atoms with E-state index in [1.54, 1.807) is 13.2 Å². The molecule has 7 heteroatoms. The molecule has 1 aliphatic rings. The molecule has 6 nitrogen and oxygen atoms in total. The normalized spacial score (nSPS) is 26.6. The van der Waals surface area contributed by atoms with Crippen LogP contribution in [0.5, 0.6) is 0 Å². The van der Waals surface area contributed by atoms with E-state index >= 15 is 0 Å². The molecule has 0 spiro atoms. The van der Waals surface area contributed by atoms with Crippen molar-refractivity contribution in [1.82, 2.24) is 9.97 Å². The van der Waals surface area contributed by atoms with E-state index in [1.165, 1.54) is 0 Å². The van der Waals surface area contributed by atoms with E-state index < -0.39 is 5.60 Å². The largest absolute Gasteiger partial charge is 0.385 e. The van der Waals surface area contributed by atoms with E-state index in [2.05, 4.69) is 15.3 Å². The number of hydrogen-bond donors (Lipinski definition) is 2. The van der Waals surface area contributed by atoms with Crippen molar-refractivity contribution in [3.8, 4) is 0 Å². The quantitative estimate of drug-likeness (QED) is 0.793. The Bertz CT molecular complexity index is 446. The summed E-state index contributed by atoms with van der Waals surface area (Å²) in [6.07, 6.45) is 0.404. The van der Waals surface area contributed by atoms with Crippen LogP contribution < -0.4 is 5.32 Å². The summed E-state index contributed by atoms with van der Waals surface area (Å²) in [7, 11) is 1.57. The summed E-state index contributed by atoms with van der Waals surface area (Å²) in [5.74, 6) is 1.07. The van der Waals surface area contributed by atoms with Gasteiger partial charge >= 0.3 is 0 Å². The van der Waals surface area contributed by atoms with Crippen molar-refractivity contribution in [2.24, 2.45) is 0 Å². The van der Waals surface area contributed by atoms with Gasteiger partial charge in [0.25, 0.3) is 0 Å². The van der Waals surface area contributed by atoms with Crippen LogP contribution in [0.3, 0.4) is 0 Å². The van der Waals surface area contributed by atoms with Crippen LogP contribution in [0.15, 0.2) is 6.07 Å². The molecular weight excluding hydrogens is 270 g/mol. The summed E-state index contributed by atoms with van der Waals surface area (Å²) < 4.78 is 10.3. The van der Waals surface area contributed by atoms with E-state index in [0.29, 0.717) is 43.0 Å². The molecule has 0 amide bonds. The monoisotopic (exact) mass is 287 g/mol. The SMILES string of the molecule is COCc1nc(Cl)cc(NCC2(O)CCOC2C)n1. The highest BCUT2D eigenvalue weighted by Gasteiger charge is 2.39. The number of aliphatic hydroxyl groups is 1. The molecule has 2 rings (SSSR count). The molecule has 0 saturated carbocycles. The van der Waals surface area contributed by atoms with Gasteiger partial charge in [-0.05, 0) is 6.92 Å². The minimum atomic E-state index is -0.876. The van der Waals surface area contributed by atoms with Crippen LogP contribution in [0, 0.1) is 0 Å². The maximum atomic E-state index is 10.4. The van der Waals surface area contributed by atoms with E-state index in [0.717, 1.165) is 0 Å². The molecule has 19 heavy (non-hydrogen) atoms. The van der Waals surface area contributed by atoms with Crippen molar-refractivity contribution in [3.05, 3.63) is 17.0 Å². The maximum absolute atomic E-state index is 10.4. The average molecular weight is 288 g/mol. The van der Waals surface area contributed by atoms with Gasteiger partial charge in [0, 0.05) is 32.7 Å². The number of hydrogen-bond acceptors (Lipinski definition) is 6. The van der Waals surface area contributed by atoms with Crippen LogP contribution in [-0.2, 0) is 16.1 Å². The lowest BCUT2D eigenvalue weighted by atomic mass is 9.97. The highest BCUT2D eigenvalue weighted by atomic mass is 35.5. The fraction of sp³-hybridized carbons (Fsp3) is 0.667. The molecule has 106 valence electrons. The Morgan fingerprint density at radius 1 is 1.63 bits per heavy atom. The summed E-state index contributed by atoms with van der Waals surface area (Å²) >= 11 is 5.91. The van der Waals surface area contributed by atoms with Gasteiger partial charge in [-0.1, -0.05) is 11.6 Å². The third kappa shape index (κ3) is 3.54. The highest BCUT2D eigenvalue weighted by Crippen LogP contribution is 2.26. The first-order chi connectivity index (χ1) is 9.03. The van der Waals surface area contributed by atoms with Gasteiger partial charge in [0.15, 0.2) is 5.82 Å². The number of ether oxygens (including phenoxy) is 2. The zero-order valence-electron chi connectivity index (χ0n) is 11.0. The maximum Gasteiger partial charge on any atom is 0.158 e. The number of halogens is 1.